The smallest absolute Gasteiger partial charge is 0.270 e. The number of thioether (sulfide) groups is 1. The van der Waals surface area contributed by atoms with Crippen molar-refractivity contribution in [1.82, 2.24) is 19.7 Å². The predicted molar refractivity (Wildman–Crippen MR) is 88.6 cm³/mol. The van der Waals surface area contributed by atoms with Crippen molar-refractivity contribution in [3.05, 3.63) is 58.1 Å². The molecule has 0 saturated carbocycles. The van der Waals surface area contributed by atoms with Crippen molar-refractivity contribution >= 4 is 11.8 Å². The van der Waals surface area contributed by atoms with Crippen LogP contribution in [0.1, 0.15) is 11.1 Å². The number of nitrogens with one attached hydrogen (secondary N) is 1. The van der Waals surface area contributed by atoms with E-state index >= 15 is 0 Å². The van der Waals surface area contributed by atoms with Gasteiger partial charge in [-0.25, -0.2) is 9.67 Å². The van der Waals surface area contributed by atoms with E-state index in [1.54, 1.807) is 10.9 Å². The second-order valence-electron chi connectivity index (χ2n) is 4.86. The molecule has 7 heteroatoms. The van der Waals surface area contributed by atoms with Gasteiger partial charge in [-0.1, -0.05) is 17.8 Å². The zero-order valence-electron chi connectivity index (χ0n) is 12.6. The van der Waals surface area contributed by atoms with Crippen LogP contribution in [0.25, 0.3) is 16.9 Å². The van der Waals surface area contributed by atoms with Gasteiger partial charge in [-0.2, -0.15) is 10.4 Å². The Morgan fingerprint density at radius 2 is 2.22 bits per heavy atom. The van der Waals surface area contributed by atoms with Gasteiger partial charge in [-0.15, -0.1) is 0 Å². The summed E-state index contributed by atoms with van der Waals surface area (Å²) in [6.45, 7) is 1.92. The van der Waals surface area contributed by atoms with E-state index < -0.39 is 5.56 Å². The first-order valence-corrected chi connectivity index (χ1v) is 8.06. The molecule has 0 spiro atoms. The molecule has 114 valence electrons. The topological polar surface area (TPSA) is 87.4 Å². The summed E-state index contributed by atoms with van der Waals surface area (Å²) in [6, 6.07) is 9.49. The van der Waals surface area contributed by atoms with Crippen molar-refractivity contribution in [2.75, 3.05) is 6.26 Å². The van der Waals surface area contributed by atoms with Crippen LogP contribution in [0.15, 0.2) is 46.6 Å². The molecular weight excluding hydrogens is 310 g/mol. The Morgan fingerprint density at radius 3 is 2.83 bits per heavy atom. The zero-order chi connectivity index (χ0) is 16.4. The fourth-order valence-electron chi connectivity index (χ4n) is 2.33. The van der Waals surface area contributed by atoms with E-state index in [0.717, 1.165) is 16.8 Å². The number of benzene rings is 1. The first-order chi connectivity index (χ1) is 11.1. The van der Waals surface area contributed by atoms with Gasteiger partial charge in [-0.05, 0) is 36.9 Å². The lowest BCUT2D eigenvalue weighted by Gasteiger charge is -2.10. The summed E-state index contributed by atoms with van der Waals surface area (Å²) in [6.07, 6.45) is 5.38. The lowest BCUT2D eigenvalue weighted by molar-refractivity contribution is 0.879. The molecule has 6 nitrogen and oxygen atoms in total. The molecule has 0 bridgehead atoms. The van der Waals surface area contributed by atoms with E-state index in [2.05, 4.69) is 15.1 Å². The van der Waals surface area contributed by atoms with E-state index in [1.807, 2.05) is 49.7 Å². The molecule has 0 radical (unpaired) electrons. The van der Waals surface area contributed by atoms with E-state index in [-0.39, 0.29) is 5.56 Å². The van der Waals surface area contributed by atoms with Crippen LogP contribution < -0.4 is 5.56 Å². The maximum Gasteiger partial charge on any atom is 0.270 e. The van der Waals surface area contributed by atoms with E-state index in [4.69, 9.17) is 0 Å². The third-order valence-corrected chi connectivity index (χ3v) is 4.02. The van der Waals surface area contributed by atoms with Gasteiger partial charge < -0.3 is 4.98 Å². The average Bonchev–Trinajstić information content (AvgIpc) is 3.08. The SMILES string of the molecule is CSc1nc(-c2ccc(-n3cccn3)cc2C)c(C#N)c(=O)[nH]1. The second-order valence-corrected chi connectivity index (χ2v) is 5.66. The molecule has 2 aromatic heterocycles. The fraction of sp³-hybridized carbons (Fsp3) is 0.125. The average molecular weight is 323 g/mol. The molecule has 3 rings (SSSR count). The molecule has 2 heterocycles. The van der Waals surface area contributed by atoms with Gasteiger partial charge in [0.05, 0.1) is 11.4 Å². The fourth-order valence-corrected chi connectivity index (χ4v) is 2.70. The van der Waals surface area contributed by atoms with E-state index in [0.29, 0.717) is 10.9 Å². The molecule has 0 fully saturated rings. The van der Waals surface area contributed by atoms with Crippen LogP contribution in [-0.2, 0) is 0 Å². The van der Waals surface area contributed by atoms with Crippen molar-refractivity contribution in [2.24, 2.45) is 0 Å². The van der Waals surface area contributed by atoms with Crippen LogP contribution in [0, 0.1) is 18.3 Å². The molecule has 0 aliphatic heterocycles. The molecule has 23 heavy (non-hydrogen) atoms. The minimum Gasteiger partial charge on any atom is -0.300 e. The maximum absolute atomic E-state index is 12.0. The predicted octanol–water partition coefficient (Wildman–Crippen LogP) is 2.52. The Bertz CT molecular complexity index is 954. The molecule has 0 amide bonds. The van der Waals surface area contributed by atoms with Crippen molar-refractivity contribution in [3.8, 4) is 23.0 Å². The highest BCUT2D eigenvalue weighted by atomic mass is 32.2. The molecule has 0 aliphatic carbocycles. The van der Waals surface area contributed by atoms with Crippen LogP contribution in [-0.4, -0.2) is 26.0 Å². The molecule has 0 saturated heterocycles. The normalized spacial score (nSPS) is 10.5. The molecule has 1 aromatic carbocycles. The van der Waals surface area contributed by atoms with E-state index in [9.17, 15) is 10.1 Å². The number of hydrogen-bond donors (Lipinski definition) is 1. The van der Waals surface area contributed by atoms with Crippen LogP contribution >= 0.6 is 11.8 Å². The highest BCUT2D eigenvalue weighted by Gasteiger charge is 2.15. The first-order valence-electron chi connectivity index (χ1n) is 6.83. The van der Waals surface area contributed by atoms with Crippen LogP contribution in [0.4, 0.5) is 0 Å². The zero-order valence-corrected chi connectivity index (χ0v) is 13.4. The summed E-state index contributed by atoms with van der Waals surface area (Å²) in [5.41, 5.74) is 2.60. The van der Waals surface area contributed by atoms with Crippen LogP contribution in [0.5, 0.6) is 0 Å². The largest absolute Gasteiger partial charge is 0.300 e. The van der Waals surface area contributed by atoms with Crippen LogP contribution in [0.2, 0.25) is 0 Å². The van der Waals surface area contributed by atoms with Crippen LogP contribution in [0.3, 0.4) is 0 Å². The van der Waals surface area contributed by atoms with Gasteiger partial charge >= 0.3 is 0 Å². The quantitative estimate of drug-likeness (QED) is 0.591. The molecule has 0 aliphatic rings. The number of H-pyrrole nitrogens is 1. The summed E-state index contributed by atoms with van der Waals surface area (Å²) in [5.74, 6) is 0. The van der Waals surface area contributed by atoms with Gasteiger partial charge in [0, 0.05) is 18.0 Å². The number of aromatic amines is 1. The number of aromatic nitrogens is 4. The molecule has 3 aromatic rings. The number of aryl methyl sites for hydroxylation is 1. The Kier molecular flexibility index (Phi) is 4.00. The number of rotatable bonds is 3. The summed E-state index contributed by atoms with van der Waals surface area (Å²) in [5, 5.41) is 14.0. The third-order valence-electron chi connectivity index (χ3n) is 3.44. The third kappa shape index (κ3) is 2.76. The number of nitrogens with zero attached hydrogens (tertiary/aromatic N) is 4. The molecule has 1 N–H and O–H groups in total. The number of nitriles is 1. The highest BCUT2D eigenvalue weighted by Crippen LogP contribution is 2.26. The first kappa shape index (κ1) is 15.1. The standard InChI is InChI=1S/C16H13N5OS/c1-10-8-11(21-7-3-6-18-21)4-5-12(10)14-13(9-17)15(22)20-16(19-14)23-2/h3-8H,1-2H3,(H,19,20,22). The van der Waals surface area contributed by atoms with Crippen molar-refractivity contribution in [1.29, 1.82) is 5.26 Å². The molecule has 0 atom stereocenters. The van der Waals surface area contributed by atoms with Crippen molar-refractivity contribution < 1.29 is 0 Å². The Hall–Kier alpha value is -2.85. The lowest BCUT2D eigenvalue weighted by Crippen LogP contribution is -2.15. The molecular formula is C16H13N5OS. The minimum absolute atomic E-state index is 0.0257. The number of hydrogen-bond acceptors (Lipinski definition) is 5. The maximum atomic E-state index is 12.0. The highest BCUT2D eigenvalue weighted by molar-refractivity contribution is 7.98. The minimum atomic E-state index is -0.419. The Labute approximate surface area is 136 Å². The Balaban J connectivity index is 2.18. The van der Waals surface area contributed by atoms with Gasteiger partial charge in [0.15, 0.2) is 5.16 Å². The van der Waals surface area contributed by atoms with Gasteiger partial charge in [0.25, 0.3) is 5.56 Å². The monoisotopic (exact) mass is 323 g/mol. The van der Waals surface area contributed by atoms with Crippen molar-refractivity contribution in [2.45, 2.75) is 12.1 Å². The summed E-state index contributed by atoms with van der Waals surface area (Å²) in [4.78, 5) is 19.1. The van der Waals surface area contributed by atoms with Gasteiger partial charge in [0.2, 0.25) is 0 Å². The second kappa shape index (κ2) is 6.10. The summed E-state index contributed by atoms with van der Waals surface area (Å²) < 4.78 is 1.75. The van der Waals surface area contributed by atoms with Gasteiger partial charge in [0.1, 0.15) is 11.6 Å². The summed E-state index contributed by atoms with van der Waals surface area (Å²) >= 11 is 1.33. The Morgan fingerprint density at radius 1 is 1.39 bits per heavy atom. The van der Waals surface area contributed by atoms with Crippen molar-refractivity contribution in [3.63, 3.8) is 0 Å². The van der Waals surface area contributed by atoms with E-state index in [1.165, 1.54) is 11.8 Å². The van der Waals surface area contributed by atoms with Gasteiger partial charge in [-0.3, -0.25) is 4.79 Å². The summed E-state index contributed by atoms with van der Waals surface area (Å²) in [7, 11) is 0. The lowest BCUT2D eigenvalue weighted by atomic mass is 10.0. The molecule has 0 unspecified atom stereocenters.